The van der Waals surface area contributed by atoms with Crippen LogP contribution in [0.5, 0.6) is 11.5 Å². The third-order valence-electron chi connectivity index (χ3n) is 9.80. The van der Waals surface area contributed by atoms with E-state index >= 15 is 4.39 Å². The lowest BCUT2D eigenvalue weighted by atomic mass is 9.79. The van der Waals surface area contributed by atoms with Crippen LogP contribution in [0.25, 0.3) is 33.4 Å². The molecule has 4 aromatic rings. The molecule has 0 radical (unpaired) electrons. The van der Waals surface area contributed by atoms with Gasteiger partial charge in [0.25, 0.3) is 0 Å². The van der Waals surface area contributed by atoms with Gasteiger partial charge < -0.3 is 14.6 Å². The Morgan fingerprint density at radius 1 is 0.596 bits per heavy atom. The van der Waals surface area contributed by atoms with E-state index in [1.54, 1.807) is 12.1 Å². The maximum atomic E-state index is 15.0. The van der Waals surface area contributed by atoms with E-state index in [0.29, 0.717) is 33.8 Å². The molecule has 280 valence electrons. The zero-order valence-electron chi connectivity index (χ0n) is 29.3. The number of ether oxygens (including phenoxy) is 2. The Balaban J connectivity index is 0.000000270. The fourth-order valence-corrected chi connectivity index (χ4v) is 7.19. The van der Waals surface area contributed by atoms with Gasteiger partial charge in [0.1, 0.15) is 34.8 Å². The molecule has 0 saturated heterocycles. The van der Waals surface area contributed by atoms with Crippen molar-refractivity contribution < 1.29 is 32.1 Å². The maximum absolute atomic E-state index is 15.0. The summed E-state index contributed by atoms with van der Waals surface area (Å²) in [5, 5.41) is 9.48. The fraction of sp³-hybridized carbons (Fsp3) is 0.364. The van der Waals surface area contributed by atoms with Crippen LogP contribution in [0.4, 0.5) is 17.6 Å². The highest BCUT2D eigenvalue weighted by Crippen LogP contribution is 2.49. The molecule has 0 fully saturated rings. The number of aliphatic hydroxyl groups is 1. The monoisotopic (exact) mass is 738 g/mol. The summed E-state index contributed by atoms with van der Waals surface area (Å²) < 4.78 is 69.4. The number of alkyl halides is 1. The van der Waals surface area contributed by atoms with Crippen molar-refractivity contribution in [2.45, 2.75) is 80.7 Å². The first-order valence-electron chi connectivity index (χ1n) is 16.7. The zero-order valence-corrected chi connectivity index (χ0v) is 30.1. The standard InChI is InChI=1S/C21H21ClF2O.C21H22F2O2.2CH4/c1-21(2)8-4-5-17(21)15-9-13(12-22)10-19(24)20(15)16-11-14(25-3)6-7-18(16)23;1-21(2)8-4-5-17(21)15-9-13(12-24)10-19(23)20(15)16-11-14(25-3)6-7-18(16)22;;/h5-7,9-11H,4,8,12H2,1-3H3;5-7,9-11,24H,4,8,12H2,1-3H3;2*1H4. The van der Waals surface area contributed by atoms with Crippen molar-refractivity contribution in [3.05, 3.63) is 118 Å². The molecule has 0 saturated carbocycles. The molecular weight excluding hydrogens is 688 g/mol. The molecule has 0 aromatic heterocycles. The van der Waals surface area contributed by atoms with E-state index < -0.39 is 23.3 Å². The van der Waals surface area contributed by atoms with Gasteiger partial charge >= 0.3 is 0 Å². The summed E-state index contributed by atoms with van der Waals surface area (Å²) in [6.07, 6.45) is 7.96. The molecule has 0 amide bonds. The van der Waals surface area contributed by atoms with Gasteiger partial charge in [-0.3, -0.25) is 0 Å². The van der Waals surface area contributed by atoms with Crippen LogP contribution in [0, 0.1) is 34.1 Å². The quantitative estimate of drug-likeness (QED) is 0.144. The summed E-state index contributed by atoms with van der Waals surface area (Å²) in [6, 6.07) is 15.0. The average molecular weight is 739 g/mol. The average Bonchev–Trinajstić information content (AvgIpc) is 3.64. The normalized spacial score (nSPS) is 15.4. The number of halogens is 5. The van der Waals surface area contributed by atoms with Crippen LogP contribution in [0.1, 0.15) is 90.5 Å². The SMILES string of the molecule is C.C.COc1ccc(F)c(-c2c(F)cc(CCl)cc2C2=CCCC2(C)C)c1.COc1ccc(F)c(-c2c(F)cc(CO)cc2C2=CCCC2(C)C)c1. The predicted molar refractivity (Wildman–Crippen MR) is 208 cm³/mol. The lowest BCUT2D eigenvalue weighted by molar-refractivity contribution is 0.281. The van der Waals surface area contributed by atoms with E-state index in [4.69, 9.17) is 21.1 Å². The molecule has 8 heteroatoms. The third kappa shape index (κ3) is 8.58. The van der Waals surface area contributed by atoms with Gasteiger partial charge in [-0.2, -0.15) is 0 Å². The highest BCUT2D eigenvalue weighted by molar-refractivity contribution is 6.17. The Kier molecular flexibility index (Phi) is 14.0. The Morgan fingerprint density at radius 3 is 1.35 bits per heavy atom. The second kappa shape index (κ2) is 17.2. The topological polar surface area (TPSA) is 38.7 Å². The zero-order chi connectivity index (χ0) is 36.4. The van der Waals surface area contributed by atoms with Crippen LogP contribution in [0.2, 0.25) is 0 Å². The first-order chi connectivity index (χ1) is 23.7. The molecule has 6 rings (SSSR count). The number of allylic oxidation sites excluding steroid dienone is 4. The second-order valence-corrected chi connectivity index (χ2v) is 14.3. The largest absolute Gasteiger partial charge is 0.497 e. The minimum atomic E-state index is -0.544. The Morgan fingerprint density at radius 2 is 1.00 bits per heavy atom. The molecule has 0 atom stereocenters. The maximum Gasteiger partial charge on any atom is 0.132 e. The van der Waals surface area contributed by atoms with E-state index in [2.05, 4.69) is 39.8 Å². The minimum Gasteiger partial charge on any atom is -0.497 e. The first-order valence-corrected chi connectivity index (χ1v) is 17.2. The highest BCUT2D eigenvalue weighted by Gasteiger charge is 2.33. The van der Waals surface area contributed by atoms with E-state index in [1.807, 2.05) is 6.07 Å². The second-order valence-electron chi connectivity index (χ2n) is 14.1. The summed E-state index contributed by atoms with van der Waals surface area (Å²) in [6.45, 7) is 8.19. The number of methoxy groups -OCH3 is 2. The van der Waals surface area contributed by atoms with Gasteiger partial charge in [0, 0.05) is 28.1 Å². The van der Waals surface area contributed by atoms with Crippen molar-refractivity contribution in [2.24, 2.45) is 10.8 Å². The molecule has 0 aliphatic heterocycles. The van der Waals surface area contributed by atoms with Crippen molar-refractivity contribution in [1.82, 2.24) is 0 Å². The van der Waals surface area contributed by atoms with Gasteiger partial charge in [-0.05, 0) is 131 Å². The molecule has 4 aromatic carbocycles. The molecular formula is C44H51ClF4O3. The summed E-state index contributed by atoms with van der Waals surface area (Å²) in [5.41, 5.74) is 5.16. The summed E-state index contributed by atoms with van der Waals surface area (Å²) in [5.74, 6) is -0.833. The van der Waals surface area contributed by atoms with Crippen LogP contribution >= 0.6 is 11.6 Å². The fourth-order valence-electron chi connectivity index (χ4n) is 7.04. The van der Waals surface area contributed by atoms with Crippen LogP contribution in [0.15, 0.2) is 72.8 Å². The number of benzene rings is 4. The van der Waals surface area contributed by atoms with Gasteiger partial charge in [-0.1, -0.05) is 54.7 Å². The van der Waals surface area contributed by atoms with E-state index in [9.17, 15) is 18.3 Å². The van der Waals surface area contributed by atoms with Crippen molar-refractivity contribution in [3.63, 3.8) is 0 Å². The molecule has 0 spiro atoms. The molecule has 2 aliphatic rings. The molecule has 52 heavy (non-hydrogen) atoms. The van der Waals surface area contributed by atoms with Crippen LogP contribution in [0.3, 0.4) is 0 Å². The van der Waals surface area contributed by atoms with Crippen LogP contribution in [-0.2, 0) is 12.5 Å². The van der Waals surface area contributed by atoms with Gasteiger partial charge in [0.2, 0.25) is 0 Å². The van der Waals surface area contributed by atoms with Gasteiger partial charge in [0.05, 0.1) is 20.8 Å². The molecule has 0 bridgehead atoms. The molecule has 0 heterocycles. The van der Waals surface area contributed by atoms with Gasteiger partial charge in [-0.25, -0.2) is 17.6 Å². The predicted octanol–water partition coefficient (Wildman–Crippen LogP) is 13.2. The number of hydrogen-bond donors (Lipinski definition) is 1. The summed E-state index contributed by atoms with van der Waals surface area (Å²) >= 11 is 5.95. The molecule has 0 unspecified atom stereocenters. The van der Waals surface area contributed by atoms with Gasteiger partial charge in [-0.15, -0.1) is 11.6 Å². The van der Waals surface area contributed by atoms with Crippen molar-refractivity contribution in [2.75, 3.05) is 14.2 Å². The van der Waals surface area contributed by atoms with Crippen LogP contribution < -0.4 is 9.47 Å². The van der Waals surface area contributed by atoms with Crippen molar-refractivity contribution in [3.8, 4) is 33.8 Å². The van der Waals surface area contributed by atoms with Crippen LogP contribution in [-0.4, -0.2) is 19.3 Å². The molecule has 3 nitrogen and oxygen atoms in total. The van der Waals surface area contributed by atoms with E-state index in [0.717, 1.165) is 36.8 Å². The Bertz CT molecular complexity index is 1820. The van der Waals surface area contributed by atoms with Gasteiger partial charge in [0.15, 0.2) is 0 Å². The molecule has 1 N–H and O–H groups in total. The third-order valence-corrected chi connectivity index (χ3v) is 10.1. The Labute approximate surface area is 312 Å². The Hall–Kier alpha value is -4.07. The lowest BCUT2D eigenvalue weighted by Gasteiger charge is -2.26. The first kappa shape index (κ1) is 42.3. The van der Waals surface area contributed by atoms with Crippen molar-refractivity contribution in [1.29, 1.82) is 0 Å². The number of hydrogen-bond acceptors (Lipinski definition) is 3. The molecule has 2 aliphatic carbocycles. The van der Waals surface area contributed by atoms with E-state index in [-0.39, 0.29) is 60.4 Å². The highest BCUT2D eigenvalue weighted by atomic mass is 35.5. The minimum absolute atomic E-state index is 0. The smallest absolute Gasteiger partial charge is 0.132 e. The summed E-state index contributed by atoms with van der Waals surface area (Å²) in [4.78, 5) is 0. The number of rotatable bonds is 8. The summed E-state index contributed by atoms with van der Waals surface area (Å²) in [7, 11) is 3.00. The van der Waals surface area contributed by atoms with E-state index in [1.165, 1.54) is 56.7 Å². The lowest BCUT2D eigenvalue weighted by Crippen LogP contribution is -2.11. The van der Waals surface area contributed by atoms with Crippen molar-refractivity contribution >= 4 is 22.7 Å². The number of aliphatic hydroxyl groups excluding tert-OH is 1.